The molecule has 1 amide bonds. The Morgan fingerprint density at radius 3 is 2.40 bits per heavy atom. The van der Waals surface area contributed by atoms with Crippen LogP contribution in [0.5, 0.6) is 17.4 Å². The Morgan fingerprint density at radius 2 is 1.68 bits per heavy atom. The van der Waals surface area contributed by atoms with Crippen molar-refractivity contribution in [2.24, 2.45) is 5.41 Å². The Balaban J connectivity index is 1.32. The Labute approximate surface area is 238 Å². The fraction of sp³-hybridized carbons (Fsp3) is 0.455. The molecule has 1 aromatic heterocycles. The normalized spacial score (nSPS) is 18.6. The van der Waals surface area contributed by atoms with Crippen LogP contribution in [0.15, 0.2) is 66.9 Å². The summed E-state index contributed by atoms with van der Waals surface area (Å²) in [6.45, 7) is 8.43. The molecule has 0 aliphatic carbocycles. The standard InChI is InChI=1S/C33H42N4O3/c1-33(2)18-8-20-37(23-26-9-7-19-34-31(26)40-30-11-6-5-10-29(30)39-24-33)28-16-21-36(22-17-28)32(38)25-12-14-27(15-13-25)35(3)4/h5-7,9-15,19,28H,8,16-18,20-24H2,1-4H3. The van der Waals surface area contributed by atoms with E-state index < -0.39 is 0 Å². The molecule has 5 rings (SSSR count). The van der Waals surface area contributed by atoms with E-state index in [1.54, 1.807) is 6.20 Å². The van der Waals surface area contributed by atoms with Gasteiger partial charge in [-0.2, -0.15) is 0 Å². The lowest BCUT2D eigenvalue weighted by Crippen LogP contribution is -2.47. The maximum atomic E-state index is 13.2. The van der Waals surface area contributed by atoms with Gasteiger partial charge in [0.25, 0.3) is 5.91 Å². The number of para-hydroxylation sites is 2. The fourth-order valence-corrected chi connectivity index (χ4v) is 5.63. The van der Waals surface area contributed by atoms with Gasteiger partial charge in [0.1, 0.15) is 0 Å². The molecule has 0 bridgehead atoms. The van der Waals surface area contributed by atoms with Crippen molar-refractivity contribution in [2.45, 2.75) is 52.1 Å². The quantitative estimate of drug-likeness (QED) is 0.390. The summed E-state index contributed by atoms with van der Waals surface area (Å²) in [6.07, 6.45) is 5.82. The van der Waals surface area contributed by atoms with Crippen molar-refractivity contribution in [3.63, 3.8) is 0 Å². The van der Waals surface area contributed by atoms with E-state index in [-0.39, 0.29) is 11.3 Å². The van der Waals surface area contributed by atoms with Gasteiger partial charge < -0.3 is 19.3 Å². The molecule has 212 valence electrons. The highest BCUT2D eigenvalue weighted by Gasteiger charge is 2.29. The highest BCUT2D eigenvalue weighted by Crippen LogP contribution is 2.35. The lowest BCUT2D eigenvalue weighted by Gasteiger charge is -2.39. The fourth-order valence-electron chi connectivity index (χ4n) is 5.63. The number of hydrogen-bond donors (Lipinski definition) is 0. The van der Waals surface area contributed by atoms with Crippen LogP contribution < -0.4 is 14.4 Å². The number of anilines is 1. The molecule has 0 saturated carbocycles. The van der Waals surface area contributed by atoms with Crippen molar-refractivity contribution in [3.05, 3.63) is 78.0 Å². The molecule has 2 aliphatic rings. The number of piperidine rings is 1. The Bertz CT molecular complexity index is 1280. The Kier molecular flexibility index (Phi) is 8.60. The third-order valence-electron chi connectivity index (χ3n) is 8.10. The predicted molar refractivity (Wildman–Crippen MR) is 159 cm³/mol. The van der Waals surface area contributed by atoms with Gasteiger partial charge in [-0.25, -0.2) is 4.98 Å². The first-order valence-corrected chi connectivity index (χ1v) is 14.4. The molecule has 2 aliphatic heterocycles. The van der Waals surface area contributed by atoms with E-state index in [0.29, 0.717) is 24.3 Å². The smallest absolute Gasteiger partial charge is 0.253 e. The molecule has 0 spiro atoms. The van der Waals surface area contributed by atoms with Crippen LogP contribution in [-0.4, -0.2) is 67.1 Å². The predicted octanol–water partition coefficient (Wildman–Crippen LogP) is 6.25. The second-order valence-corrected chi connectivity index (χ2v) is 12.0. The molecule has 0 N–H and O–H groups in total. The number of rotatable bonds is 3. The van der Waals surface area contributed by atoms with Crippen LogP contribution in [-0.2, 0) is 6.54 Å². The largest absolute Gasteiger partial charge is 0.489 e. The first-order chi connectivity index (χ1) is 19.3. The Morgan fingerprint density at radius 1 is 0.950 bits per heavy atom. The van der Waals surface area contributed by atoms with Crippen LogP contribution in [0.4, 0.5) is 5.69 Å². The lowest BCUT2D eigenvalue weighted by molar-refractivity contribution is 0.0594. The molecule has 7 nitrogen and oxygen atoms in total. The number of nitrogens with zero attached hydrogens (tertiary/aromatic N) is 4. The number of hydrogen-bond acceptors (Lipinski definition) is 6. The second kappa shape index (κ2) is 12.3. The van der Waals surface area contributed by atoms with Gasteiger partial charge in [-0.05, 0) is 80.1 Å². The number of carbonyl (C=O) groups is 1. The summed E-state index contributed by atoms with van der Waals surface area (Å²) >= 11 is 0. The van der Waals surface area contributed by atoms with Crippen molar-refractivity contribution in [3.8, 4) is 17.4 Å². The molecule has 0 atom stereocenters. The summed E-state index contributed by atoms with van der Waals surface area (Å²) in [7, 11) is 4.02. The number of ether oxygens (including phenoxy) is 2. The number of benzene rings is 2. The summed E-state index contributed by atoms with van der Waals surface area (Å²) in [5.74, 6) is 2.18. The average molecular weight is 543 g/mol. The summed E-state index contributed by atoms with van der Waals surface area (Å²) in [6, 6.07) is 20.2. The van der Waals surface area contributed by atoms with E-state index in [2.05, 4.69) is 29.8 Å². The van der Waals surface area contributed by atoms with Crippen molar-refractivity contribution >= 4 is 11.6 Å². The van der Waals surface area contributed by atoms with Crippen molar-refractivity contribution in [2.75, 3.05) is 45.2 Å². The average Bonchev–Trinajstić information content (AvgIpc) is 2.97. The van der Waals surface area contributed by atoms with E-state index in [1.165, 1.54) is 0 Å². The van der Waals surface area contributed by atoms with Crippen LogP contribution in [0.2, 0.25) is 0 Å². The molecule has 7 heteroatoms. The maximum Gasteiger partial charge on any atom is 0.253 e. The zero-order valence-corrected chi connectivity index (χ0v) is 24.3. The molecule has 3 heterocycles. The van der Waals surface area contributed by atoms with E-state index in [4.69, 9.17) is 9.47 Å². The molecule has 2 aromatic carbocycles. The third-order valence-corrected chi connectivity index (χ3v) is 8.10. The second-order valence-electron chi connectivity index (χ2n) is 12.0. The molecule has 1 fully saturated rings. The molecule has 40 heavy (non-hydrogen) atoms. The number of carbonyl (C=O) groups excluding carboxylic acids is 1. The van der Waals surface area contributed by atoms with Crippen molar-refractivity contribution in [1.29, 1.82) is 0 Å². The van der Waals surface area contributed by atoms with Gasteiger partial charge >= 0.3 is 0 Å². The van der Waals surface area contributed by atoms with Gasteiger partial charge in [0.05, 0.1) is 6.61 Å². The van der Waals surface area contributed by atoms with Gasteiger partial charge in [-0.1, -0.05) is 32.0 Å². The third kappa shape index (κ3) is 6.76. The van der Waals surface area contributed by atoms with E-state index in [9.17, 15) is 4.79 Å². The van der Waals surface area contributed by atoms with Crippen LogP contribution in [0.25, 0.3) is 0 Å². The number of likely N-dealkylation sites (tertiary alicyclic amines) is 1. The van der Waals surface area contributed by atoms with Gasteiger partial charge in [0, 0.05) is 62.8 Å². The molecule has 0 radical (unpaired) electrons. The number of amides is 1. The van der Waals surface area contributed by atoms with Crippen LogP contribution in [0.1, 0.15) is 55.5 Å². The van der Waals surface area contributed by atoms with E-state index in [0.717, 1.165) is 74.4 Å². The molecular weight excluding hydrogens is 500 g/mol. The summed E-state index contributed by atoms with van der Waals surface area (Å²) < 4.78 is 12.6. The van der Waals surface area contributed by atoms with Gasteiger partial charge in [0.15, 0.2) is 11.5 Å². The molecule has 3 aromatic rings. The highest BCUT2D eigenvalue weighted by atomic mass is 16.5. The lowest BCUT2D eigenvalue weighted by atomic mass is 9.88. The first-order valence-electron chi connectivity index (χ1n) is 14.4. The van der Waals surface area contributed by atoms with E-state index >= 15 is 0 Å². The SMILES string of the molecule is CN(C)c1ccc(C(=O)N2CCC(N3CCCC(C)(C)COc4ccccc4Oc4ncccc4C3)CC2)cc1. The Hall–Kier alpha value is -3.58. The number of fused-ring (bicyclic) bond motifs is 2. The zero-order valence-electron chi connectivity index (χ0n) is 24.3. The minimum atomic E-state index is 0.0376. The number of pyridine rings is 1. The van der Waals surface area contributed by atoms with Gasteiger partial charge in [-0.3, -0.25) is 9.69 Å². The topological polar surface area (TPSA) is 58.1 Å². The minimum absolute atomic E-state index is 0.0376. The van der Waals surface area contributed by atoms with E-state index in [1.807, 2.05) is 78.5 Å². The monoisotopic (exact) mass is 542 g/mol. The van der Waals surface area contributed by atoms with Crippen LogP contribution >= 0.6 is 0 Å². The van der Waals surface area contributed by atoms with Crippen LogP contribution in [0, 0.1) is 5.41 Å². The van der Waals surface area contributed by atoms with Gasteiger partial charge in [-0.15, -0.1) is 0 Å². The summed E-state index contributed by atoms with van der Waals surface area (Å²) in [5, 5.41) is 0. The maximum absolute atomic E-state index is 13.2. The van der Waals surface area contributed by atoms with Gasteiger partial charge in [0.2, 0.25) is 5.88 Å². The summed E-state index contributed by atoms with van der Waals surface area (Å²) in [4.78, 5) is 24.5. The van der Waals surface area contributed by atoms with Crippen molar-refractivity contribution in [1.82, 2.24) is 14.8 Å². The molecular formula is C33H42N4O3. The minimum Gasteiger partial charge on any atom is -0.489 e. The molecule has 1 saturated heterocycles. The molecule has 0 unspecified atom stereocenters. The first kappa shape index (κ1) is 28.0. The van der Waals surface area contributed by atoms with Crippen LogP contribution in [0.3, 0.4) is 0 Å². The summed E-state index contributed by atoms with van der Waals surface area (Å²) in [5.41, 5.74) is 2.96. The highest BCUT2D eigenvalue weighted by molar-refractivity contribution is 5.94. The zero-order chi connectivity index (χ0) is 28.1. The van der Waals surface area contributed by atoms with Crippen molar-refractivity contribution < 1.29 is 14.3 Å². The number of aromatic nitrogens is 1.